The smallest absolute Gasteiger partial charge is 0.252 e. The van der Waals surface area contributed by atoms with Crippen LogP contribution in [-0.4, -0.2) is 24.5 Å². The van der Waals surface area contributed by atoms with Gasteiger partial charge in [0.25, 0.3) is 5.91 Å². The highest BCUT2D eigenvalue weighted by Crippen LogP contribution is 2.16. The Hall–Kier alpha value is 0.250. The summed E-state index contributed by atoms with van der Waals surface area (Å²) in [5.74, 6) is 1.28. The summed E-state index contributed by atoms with van der Waals surface area (Å²) < 4.78 is 1.16. The molecule has 1 heterocycles. The quantitative estimate of drug-likeness (QED) is 0.588. The molecular formula is C11H16INOS2. The summed E-state index contributed by atoms with van der Waals surface area (Å²) >= 11 is 5.72. The average molecular weight is 369 g/mol. The van der Waals surface area contributed by atoms with Gasteiger partial charge in [-0.25, -0.2) is 0 Å². The van der Waals surface area contributed by atoms with Gasteiger partial charge in [0.15, 0.2) is 0 Å². The monoisotopic (exact) mass is 369 g/mol. The van der Waals surface area contributed by atoms with E-state index in [4.69, 9.17) is 0 Å². The van der Waals surface area contributed by atoms with Crippen LogP contribution in [-0.2, 0) is 0 Å². The summed E-state index contributed by atoms with van der Waals surface area (Å²) in [7, 11) is 0. The number of hydrogen-bond donors (Lipinski definition) is 1. The molecule has 16 heavy (non-hydrogen) atoms. The molecule has 1 aromatic rings. The fourth-order valence-electron chi connectivity index (χ4n) is 1.28. The first-order valence-electron chi connectivity index (χ1n) is 5.25. The van der Waals surface area contributed by atoms with Crippen molar-refractivity contribution in [3.05, 3.63) is 19.9 Å². The second-order valence-corrected chi connectivity index (χ2v) is 7.24. The third-order valence-electron chi connectivity index (χ3n) is 2.14. The molecule has 0 aromatic carbocycles. The molecule has 0 saturated carbocycles. The number of nitrogens with one attached hydrogen (secondary N) is 1. The van der Waals surface area contributed by atoms with Crippen LogP contribution in [0.4, 0.5) is 0 Å². The van der Waals surface area contributed by atoms with E-state index in [1.54, 1.807) is 11.3 Å². The summed E-state index contributed by atoms with van der Waals surface area (Å²) in [6, 6.07) is 1.92. The van der Waals surface area contributed by atoms with Gasteiger partial charge in [0.2, 0.25) is 0 Å². The Morgan fingerprint density at radius 1 is 1.50 bits per heavy atom. The van der Waals surface area contributed by atoms with E-state index in [9.17, 15) is 4.79 Å². The SMILES string of the molecule is CSCCCCCNC(=O)c1csc(I)c1. The Labute approximate surface area is 119 Å². The highest BCUT2D eigenvalue weighted by molar-refractivity contribution is 14.1. The van der Waals surface area contributed by atoms with E-state index < -0.39 is 0 Å². The topological polar surface area (TPSA) is 29.1 Å². The Bertz CT molecular complexity index is 328. The van der Waals surface area contributed by atoms with Crippen molar-refractivity contribution in [1.29, 1.82) is 0 Å². The fourth-order valence-corrected chi connectivity index (χ4v) is 3.10. The highest BCUT2D eigenvalue weighted by atomic mass is 127. The van der Waals surface area contributed by atoms with Gasteiger partial charge in [-0.05, 0) is 53.5 Å². The van der Waals surface area contributed by atoms with Gasteiger partial charge in [-0.15, -0.1) is 11.3 Å². The second-order valence-electron chi connectivity index (χ2n) is 3.45. The van der Waals surface area contributed by atoms with Gasteiger partial charge < -0.3 is 5.32 Å². The molecule has 1 N–H and O–H groups in total. The Morgan fingerprint density at radius 3 is 2.94 bits per heavy atom. The first-order chi connectivity index (χ1) is 7.74. The third kappa shape index (κ3) is 5.54. The van der Waals surface area contributed by atoms with Gasteiger partial charge in [0, 0.05) is 11.9 Å². The van der Waals surface area contributed by atoms with Gasteiger partial charge >= 0.3 is 0 Å². The molecule has 0 saturated heterocycles. The number of thiophene rings is 1. The first-order valence-corrected chi connectivity index (χ1v) is 8.60. The summed E-state index contributed by atoms with van der Waals surface area (Å²) in [6.07, 6.45) is 5.64. The number of carbonyl (C=O) groups excluding carboxylic acids is 1. The number of carbonyl (C=O) groups is 1. The Kier molecular flexibility index (Phi) is 7.47. The maximum atomic E-state index is 11.6. The Morgan fingerprint density at radius 2 is 2.31 bits per heavy atom. The molecule has 1 rings (SSSR count). The standard InChI is InChI=1S/C11H16INOS2/c1-15-6-4-2-3-5-13-11(14)9-7-10(12)16-8-9/h7-8H,2-6H2,1H3,(H,13,14). The summed E-state index contributed by atoms with van der Waals surface area (Å²) in [5, 5.41) is 4.85. The van der Waals surface area contributed by atoms with Gasteiger partial charge in [0.05, 0.1) is 8.45 Å². The number of hydrogen-bond acceptors (Lipinski definition) is 3. The second kappa shape index (κ2) is 8.36. The lowest BCUT2D eigenvalue weighted by Crippen LogP contribution is -2.23. The minimum Gasteiger partial charge on any atom is -0.352 e. The number of rotatable bonds is 7. The maximum Gasteiger partial charge on any atom is 0.252 e. The van der Waals surface area contributed by atoms with Crippen LogP contribution in [0.25, 0.3) is 0 Å². The number of unbranched alkanes of at least 4 members (excludes halogenated alkanes) is 2. The van der Waals surface area contributed by atoms with Crippen LogP contribution in [0.15, 0.2) is 11.4 Å². The van der Waals surface area contributed by atoms with Gasteiger partial charge in [0.1, 0.15) is 0 Å². The number of thioether (sulfide) groups is 1. The van der Waals surface area contributed by atoms with Crippen molar-refractivity contribution in [2.24, 2.45) is 0 Å². The average Bonchev–Trinajstić information content (AvgIpc) is 2.70. The molecule has 90 valence electrons. The van der Waals surface area contributed by atoms with Crippen LogP contribution in [0, 0.1) is 2.88 Å². The predicted molar refractivity (Wildman–Crippen MR) is 81.6 cm³/mol. The van der Waals surface area contributed by atoms with Crippen molar-refractivity contribution in [2.45, 2.75) is 19.3 Å². The molecule has 0 radical (unpaired) electrons. The van der Waals surface area contributed by atoms with Crippen LogP contribution in [0.2, 0.25) is 0 Å². The van der Waals surface area contributed by atoms with Crippen LogP contribution in [0.1, 0.15) is 29.6 Å². The van der Waals surface area contributed by atoms with Crippen LogP contribution >= 0.6 is 45.7 Å². The van der Waals surface area contributed by atoms with E-state index in [2.05, 4.69) is 34.2 Å². The largest absolute Gasteiger partial charge is 0.352 e. The summed E-state index contributed by atoms with van der Waals surface area (Å²) in [5.41, 5.74) is 0.790. The summed E-state index contributed by atoms with van der Waals surface area (Å²) in [4.78, 5) is 11.6. The normalized spacial score (nSPS) is 10.4. The number of amides is 1. The molecule has 0 spiro atoms. The maximum absolute atomic E-state index is 11.6. The van der Waals surface area contributed by atoms with Gasteiger partial charge in [-0.1, -0.05) is 6.42 Å². The van der Waals surface area contributed by atoms with E-state index in [1.165, 1.54) is 18.6 Å². The van der Waals surface area contributed by atoms with Crippen molar-refractivity contribution in [3.63, 3.8) is 0 Å². The van der Waals surface area contributed by atoms with E-state index in [0.717, 1.165) is 21.4 Å². The minimum atomic E-state index is 0.0593. The molecular weight excluding hydrogens is 353 g/mol. The van der Waals surface area contributed by atoms with E-state index in [0.29, 0.717) is 0 Å². The number of halogens is 1. The first kappa shape index (κ1) is 14.3. The molecule has 1 amide bonds. The lowest BCUT2D eigenvalue weighted by molar-refractivity contribution is 0.0953. The van der Waals surface area contributed by atoms with Crippen molar-refractivity contribution < 1.29 is 4.79 Å². The van der Waals surface area contributed by atoms with Crippen molar-refractivity contribution in [1.82, 2.24) is 5.32 Å². The van der Waals surface area contributed by atoms with Gasteiger partial charge in [-0.2, -0.15) is 11.8 Å². The molecule has 2 nitrogen and oxygen atoms in total. The van der Waals surface area contributed by atoms with Crippen molar-refractivity contribution >= 4 is 51.6 Å². The van der Waals surface area contributed by atoms with Crippen molar-refractivity contribution in [3.8, 4) is 0 Å². The third-order valence-corrected chi connectivity index (χ3v) is 4.63. The summed E-state index contributed by atoms with van der Waals surface area (Å²) in [6.45, 7) is 0.791. The molecule has 0 atom stereocenters. The zero-order valence-corrected chi connectivity index (χ0v) is 13.1. The lowest BCUT2D eigenvalue weighted by Gasteiger charge is -2.03. The van der Waals surface area contributed by atoms with Crippen LogP contribution in [0.3, 0.4) is 0 Å². The molecule has 0 unspecified atom stereocenters. The molecule has 0 aliphatic rings. The molecule has 0 fully saturated rings. The zero-order valence-electron chi connectivity index (χ0n) is 9.29. The predicted octanol–water partition coefficient (Wildman–Crippen LogP) is 3.62. The molecule has 1 aromatic heterocycles. The van der Waals surface area contributed by atoms with E-state index in [1.807, 2.05) is 23.2 Å². The van der Waals surface area contributed by atoms with E-state index >= 15 is 0 Å². The van der Waals surface area contributed by atoms with Crippen molar-refractivity contribution in [2.75, 3.05) is 18.6 Å². The lowest BCUT2D eigenvalue weighted by atomic mass is 10.2. The molecule has 5 heteroatoms. The van der Waals surface area contributed by atoms with E-state index in [-0.39, 0.29) is 5.91 Å². The van der Waals surface area contributed by atoms with Crippen LogP contribution in [0.5, 0.6) is 0 Å². The fraction of sp³-hybridized carbons (Fsp3) is 0.545. The zero-order chi connectivity index (χ0) is 11.8. The minimum absolute atomic E-state index is 0.0593. The van der Waals surface area contributed by atoms with Gasteiger partial charge in [-0.3, -0.25) is 4.79 Å². The molecule has 0 aliphatic carbocycles. The molecule has 0 bridgehead atoms. The van der Waals surface area contributed by atoms with Crippen LogP contribution < -0.4 is 5.32 Å². The molecule has 0 aliphatic heterocycles. The Balaban J connectivity index is 2.11. The highest BCUT2D eigenvalue weighted by Gasteiger charge is 2.06.